The fraction of sp³-hybridized carbons (Fsp3) is 0.111. The Balaban J connectivity index is 1.91. The minimum Gasteiger partial charge on any atom is -0.504 e. The number of hydrogen-bond donors (Lipinski definition) is 2. The quantitative estimate of drug-likeness (QED) is 0.662. The number of para-hydroxylation sites is 1. The summed E-state index contributed by atoms with van der Waals surface area (Å²) >= 11 is 5.27. The SMILES string of the molecule is CCOc1cc(C=C2NC(=S)N(c3ccccc3)C2=O)ccc1O. The predicted octanol–water partition coefficient (Wildman–Crippen LogP) is 3.05. The number of nitrogens with one attached hydrogen (secondary N) is 1. The number of thiocarbonyl (C=S) groups is 1. The second-order valence-corrected chi connectivity index (χ2v) is 5.51. The first-order valence-electron chi connectivity index (χ1n) is 7.48. The number of ether oxygens (including phenoxy) is 1. The van der Waals surface area contributed by atoms with Crippen molar-refractivity contribution in [3.8, 4) is 11.5 Å². The highest BCUT2D eigenvalue weighted by Crippen LogP contribution is 2.28. The number of nitrogens with zero attached hydrogens (tertiary/aromatic N) is 1. The number of benzene rings is 2. The summed E-state index contributed by atoms with van der Waals surface area (Å²) in [6, 6.07) is 14.1. The molecule has 2 aromatic rings. The number of rotatable bonds is 4. The fourth-order valence-corrected chi connectivity index (χ4v) is 2.70. The number of amides is 1. The molecule has 0 aromatic heterocycles. The van der Waals surface area contributed by atoms with Crippen molar-refractivity contribution >= 4 is 35.0 Å². The van der Waals surface area contributed by atoms with Crippen LogP contribution in [-0.4, -0.2) is 22.7 Å². The van der Waals surface area contributed by atoms with E-state index in [0.29, 0.717) is 28.9 Å². The third-order valence-electron chi connectivity index (χ3n) is 3.49. The summed E-state index contributed by atoms with van der Waals surface area (Å²) in [5.41, 5.74) is 1.81. The summed E-state index contributed by atoms with van der Waals surface area (Å²) in [6.07, 6.45) is 1.68. The van der Waals surface area contributed by atoms with Crippen molar-refractivity contribution in [2.24, 2.45) is 0 Å². The second-order valence-electron chi connectivity index (χ2n) is 5.12. The topological polar surface area (TPSA) is 61.8 Å². The van der Waals surface area contributed by atoms with E-state index in [4.69, 9.17) is 17.0 Å². The van der Waals surface area contributed by atoms with Crippen LogP contribution in [0.2, 0.25) is 0 Å². The zero-order chi connectivity index (χ0) is 17.1. The van der Waals surface area contributed by atoms with Crippen LogP contribution in [0.5, 0.6) is 11.5 Å². The van der Waals surface area contributed by atoms with E-state index in [2.05, 4.69) is 5.32 Å². The third kappa shape index (κ3) is 3.09. The maximum atomic E-state index is 12.6. The van der Waals surface area contributed by atoms with Crippen molar-refractivity contribution in [2.75, 3.05) is 11.5 Å². The summed E-state index contributed by atoms with van der Waals surface area (Å²) < 4.78 is 5.36. The van der Waals surface area contributed by atoms with E-state index in [0.717, 1.165) is 5.56 Å². The van der Waals surface area contributed by atoms with E-state index in [9.17, 15) is 9.90 Å². The lowest BCUT2D eigenvalue weighted by atomic mass is 10.1. The summed E-state index contributed by atoms with van der Waals surface area (Å²) in [6.45, 7) is 2.28. The molecule has 1 aliphatic heterocycles. The molecule has 0 bridgehead atoms. The normalized spacial score (nSPS) is 15.7. The van der Waals surface area contributed by atoms with Crippen LogP contribution in [0, 0.1) is 0 Å². The Labute approximate surface area is 145 Å². The van der Waals surface area contributed by atoms with E-state index in [1.807, 2.05) is 37.3 Å². The van der Waals surface area contributed by atoms with E-state index < -0.39 is 0 Å². The summed E-state index contributed by atoms with van der Waals surface area (Å²) in [5.74, 6) is 0.211. The average Bonchev–Trinajstić information content (AvgIpc) is 2.85. The molecular formula is C18H16N2O3S. The molecule has 5 nitrogen and oxygen atoms in total. The monoisotopic (exact) mass is 340 g/mol. The highest BCUT2D eigenvalue weighted by Gasteiger charge is 2.31. The number of aromatic hydroxyl groups is 1. The molecule has 122 valence electrons. The first-order valence-corrected chi connectivity index (χ1v) is 7.89. The van der Waals surface area contributed by atoms with Gasteiger partial charge in [-0.3, -0.25) is 9.69 Å². The lowest BCUT2D eigenvalue weighted by Gasteiger charge is -2.13. The van der Waals surface area contributed by atoms with Gasteiger partial charge in [0.05, 0.1) is 12.3 Å². The van der Waals surface area contributed by atoms with Crippen LogP contribution < -0.4 is 15.0 Å². The Morgan fingerprint density at radius 1 is 1.25 bits per heavy atom. The van der Waals surface area contributed by atoms with Crippen LogP contribution in [0.15, 0.2) is 54.2 Å². The van der Waals surface area contributed by atoms with Crippen LogP contribution in [-0.2, 0) is 4.79 Å². The van der Waals surface area contributed by atoms with Crippen molar-refractivity contribution in [1.29, 1.82) is 0 Å². The summed E-state index contributed by atoms with van der Waals surface area (Å²) in [7, 11) is 0. The van der Waals surface area contributed by atoms with Crippen molar-refractivity contribution in [1.82, 2.24) is 5.32 Å². The predicted molar refractivity (Wildman–Crippen MR) is 96.9 cm³/mol. The number of phenols is 1. The lowest BCUT2D eigenvalue weighted by Crippen LogP contribution is -2.30. The minimum absolute atomic E-state index is 0.0612. The second kappa shape index (κ2) is 6.72. The Morgan fingerprint density at radius 3 is 2.71 bits per heavy atom. The van der Waals surface area contributed by atoms with E-state index in [-0.39, 0.29) is 11.7 Å². The fourth-order valence-electron chi connectivity index (χ4n) is 2.40. The molecule has 3 rings (SSSR count). The zero-order valence-corrected chi connectivity index (χ0v) is 13.8. The van der Waals surface area contributed by atoms with Gasteiger partial charge in [0.2, 0.25) is 0 Å². The van der Waals surface area contributed by atoms with Crippen LogP contribution >= 0.6 is 12.2 Å². The molecule has 1 aliphatic rings. The molecule has 6 heteroatoms. The Hall–Kier alpha value is -2.86. The van der Waals surface area contributed by atoms with Gasteiger partial charge in [0.1, 0.15) is 5.70 Å². The molecule has 2 aromatic carbocycles. The lowest BCUT2D eigenvalue weighted by molar-refractivity contribution is -0.113. The molecule has 0 aliphatic carbocycles. The number of carbonyl (C=O) groups is 1. The average molecular weight is 340 g/mol. The molecule has 1 amide bonds. The van der Waals surface area contributed by atoms with Gasteiger partial charge in [-0.15, -0.1) is 0 Å². The van der Waals surface area contributed by atoms with Crippen LogP contribution in [0.3, 0.4) is 0 Å². The van der Waals surface area contributed by atoms with Crippen molar-refractivity contribution < 1.29 is 14.6 Å². The third-order valence-corrected chi connectivity index (χ3v) is 3.77. The van der Waals surface area contributed by atoms with Crippen LogP contribution in [0.25, 0.3) is 6.08 Å². The first-order chi connectivity index (χ1) is 11.6. The first kappa shape index (κ1) is 16.0. The molecule has 2 N–H and O–H groups in total. The van der Waals surface area contributed by atoms with Gasteiger partial charge in [0, 0.05) is 0 Å². The number of anilines is 1. The number of carbonyl (C=O) groups excluding carboxylic acids is 1. The summed E-state index contributed by atoms with van der Waals surface area (Å²) in [5, 5.41) is 13.0. The van der Waals surface area contributed by atoms with Gasteiger partial charge in [0.15, 0.2) is 16.6 Å². The van der Waals surface area contributed by atoms with E-state index in [1.165, 1.54) is 11.0 Å². The van der Waals surface area contributed by atoms with Crippen LogP contribution in [0.1, 0.15) is 12.5 Å². The molecule has 0 radical (unpaired) electrons. The van der Waals surface area contributed by atoms with Gasteiger partial charge in [-0.25, -0.2) is 0 Å². The minimum atomic E-state index is -0.225. The maximum absolute atomic E-state index is 12.6. The molecule has 0 atom stereocenters. The summed E-state index contributed by atoms with van der Waals surface area (Å²) in [4.78, 5) is 14.1. The van der Waals surface area contributed by atoms with Gasteiger partial charge >= 0.3 is 0 Å². The maximum Gasteiger partial charge on any atom is 0.281 e. The molecule has 0 spiro atoms. The molecule has 1 fully saturated rings. The number of phenolic OH excluding ortho intramolecular Hbond substituents is 1. The van der Waals surface area contributed by atoms with Gasteiger partial charge in [-0.2, -0.15) is 0 Å². The molecule has 1 saturated heterocycles. The molecule has 24 heavy (non-hydrogen) atoms. The van der Waals surface area contributed by atoms with E-state index in [1.54, 1.807) is 18.2 Å². The van der Waals surface area contributed by atoms with Crippen molar-refractivity contribution in [3.63, 3.8) is 0 Å². The van der Waals surface area contributed by atoms with Crippen molar-refractivity contribution in [2.45, 2.75) is 6.92 Å². The molecule has 0 unspecified atom stereocenters. The zero-order valence-electron chi connectivity index (χ0n) is 13.0. The van der Waals surface area contributed by atoms with Gasteiger partial charge in [-0.1, -0.05) is 24.3 Å². The highest BCUT2D eigenvalue weighted by molar-refractivity contribution is 7.80. The Bertz CT molecular complexity index is 818. The molecule has 1 heterocycles. The van der Waals surface area contributed by atoms with Gasteiger partial charge < -0.3 is 15.2 Å². The van der Waals surface area contributed by atoms with Crippen molar-refractivity contribution in [3.05, 3.63) is 59.8 Å². The van der Waals surface area contributed by atoms with Gasteiger partial charge in [0.25, 0.3) is 5.91 Å². The highest BCUT2D eigenvalue weighted by atomic mass is 32.1. The standard InChI is InChI=1S/C18H16N2O3S/c1-2-23-16-11-12(8-9-15(16)21)10-14-17(22)20(18(24)19-14)13-6-4-3-5-7-13/h3-11,21H,2H2,1H3,(H,19,24). The largest absolute Gasteiger partial charge is 0.504 e. The van der Waals surface area contributed by atoms with Gasteiger partial charge in [-0.05, 0) is 55.0 Å². The smallest absolute Gasteiger partial charge is 0.281 e. The molecular weight excluding hydrogens is 324 g/mol. The Kier molecular flexibility index (Phi) is 4.48. The number of hydrogen-bond acceptors (Lipinski definition) is 4. The van der Waals surface area contributed by atoms with Crippen LogP contribution in [0.4, 0.5) is 5.69 Å². The van der Waals surface area contributed by atoms with E-state index >= 15 is 0 Å². The Morgan fingerprint density at radius 2 is 2.00 bits per heavy atom. The molecule has 0 saturated carbocycles.